The molecule has 0 spiro atoms. The molecule has 0 radical (unpaired) electrons. The van der Waals surface area contributed by atoms with Crippen molar-refractivity contribution in [2.45, 2.75) is 12.2 Å². The maximum Gasteiger partial charge on any atom is 0.407 e. The SMILES string of the molecule is BCC(=O)N(CCNC(=O)OCC1c2ccccc2-c2ccccc21)CC(=O)OCCI. The van der Waals surface area contributed by atoms with E-state index in [0.29, 0.717) is 11.0 Å². The van der Waals surface area contributed by atoms with Crippen molar-refractivity contribution in [3.05, 3.63) is 59.7 Å². The van der Waals surface area contributed by atoms with Gasteiger partial charge in [0.2, 0.25) is 5.91 Å². The number of carbonyl (C=O) groups is 3. The summed E-state index contributed by atoms with van der Waals surface area (Å²) >= 11 is 2.11. The van der Waals surface area contributed by atoms with Gasteiger partial charge in [0.25, 0.3) is 0 Å². The van der Waals surface area contributed by atoms with Gasteiger partial charge in [-0.3, -0.25) is 9.59 Å². The summed E-state index contributed by atoms with van der Waals surface area (Å²) in [5.74, 6) is -0.644. The molecule has 0 unspecified atom stereocenters. The monoisotopic (exact) mass is 548 g/mol. The molecule has 2 amide bonds. The molecule has 1 aliphatic carbocycles. The van der Waals surface area contributed by atoms with Crippen molar-refractivity contribution in [2.75, 3.05) is 37.3 Å². The van der Waals surface area contributed by atoms with Crippen molar-refractivity contribution in [1.29, 1.82) is 0 Å². The van der Waals surface area contributed by atoms with Crippen LogP contribution in [0.4, 0.5) is 4.79 Å². The van der Waals surface area contributed by atoms with Crippen molar-refractivity contribution in [2.24, 2.45) is 0 Å². The van der Waals surface area contributed by atoms with Crippen LogP contribution >= 0.6 is 22.6 Å². The lowest BCUT2D eigenvalue weighted by molar-refractivity contribution is -0.148. The number of esters is 1. The second kappa shape index (κ2) is 11.9. The molecule has 32 heavy (non-hydrogen) atoms. The number of nitrogens with zero attached hydrogens (tertiary/aromatic N) is 1. The Balaban J connectivity index is 1.51. The largest absolute Gasteiger partial charge is 0.464 e. The first-order chi connectivity index (χ1) is 15.5. The van der Waals surface area contributed by atoms with Gasteiger partial charge in [-0.15, -0.1) is 0 Å². The number of ether oxygens (including phenoxy) is 2. The Hall–Kier alpha value is -2.56. The summed E-state index contributed by atoms with van der Waals surface area (Å²) in [6.07, 6.45) is -0.284. The van der Waals surface area contributed by atoms with Gasteiger partial charge in [-0.25, -0.2) is 4.79 Å². The average molecular weight is 548 g/mol. The van der Waals surface area contributed by atoms with Gasteiger partial charge in [-0.05, 0) is 28.6 Å². The van der Waals surface area contributed by atoms with E-state index < -0.39 is 12.1 Å². The molecule has 9 heteroatoms. The second-order valence-corrected chi connectivity index (χ2v) is 8.41. The normalized spacial score (nSPS) is 11.9. The molecule has 0 fully saturated rings. The molecular formula is C23H26BIN2O5. The predicted molar refractivity (Wildman–Crippen MR) is 133 cm³/mol. The zero-order valence-electron chi connectivity index (χ0n) is 18.0. The number of hydrogen-bond acceptors (Lipinski definition) is 5. The van der Waals surface area contributed by atoms with Crippen LogP contribution in [0, 0.1) is 0 Å². The topological polar surface area (TPSA) is 84.9 Å². The average Bonchev–Trinajstić information content (AvgIpc) is 3.14. The first-order valence-electron chi connectivity index (χ1n) is 10.6. The Bertz CT molecular complexity index is 925. The van der Waals surface area contributed by atoms with Gasteiger partial charge in [0, 0.05) is 23.4 Å². The molecule has 7 nitrogen and oxygen atoms in total. The number of nitrogens with one attached hydrogen (secondary N) is 1. The minimum atomic E-state index is -0.553. The fourth-order valence-corrected chi connectivity index (χ4v) is 4.03. The van der Waals surface area contributed by atoms with Crippen LogP contribution in [-0.2, 0) is 19.1 Å². The van der Waals surface area contributed by atoms with Crippen LogP contribution in [0.1, 0.15) is 17.0 Å². The predicted octanol–water partition coefficient (Wildman–Crippen LogP) is 2.38. The van der Waals surface area contributed by atoms with Crippen LogP contribution < -0.4 is 5.32 Å². The Morgan fingerprint density at radius 2 is 1.62 bits per heavy atom. The van der Waals surface area contributed by atoms with Crippen LogP contribution in [0.25, 0.3) is 11.1 Å². The number of hydrogen-bond donors (Lipinski definition) is 1. The molecule has 2 aromatic rings. The van der Waals surface area contributed by atoms with Gasteiger partial charge in [0.05, 0.1) is 0 Å². The van der Waals surface area contributed by atoms with E-state index in [1.54, 1.807) is 7.85 Å². The van der Waals surface area contributed by atoms with E-state index in [1.165, 1.54) is 16.0 Å². The number of amides is 2. The molecule has 0 saturated carbocycles. The van der Waals surface area contributed by atoms with E-state index in [2.05, 4.69) is 52.2 Å². The highest BCUT2D eigenvalue weighted by atomic mass is 127. The van der Waals surface area contributed by atoms with Crippen LogP contribution in [0.2, 0.25) is 6.32 Å². The smallest absolute Gasteiger partial charge is 0.407 e. The Morgan fingerprint density at radius 3 is 2.22 bits per heavy atom. The molecule has 0 bridgehead atoms. The maximum atomic E-state index is 12.3. The fraction of sp³-hybridized carbons (Fsp3) is 0.348. The number of rotatable bonds is 10. The van der Waals surface area contributed by atoms with Gasteiger partial charge in [-0.2, -0.15) is 0 Å². The van der Waals surface area contributed by atoms with Crippen LogP contribution in [-0.4, -0.2) is 68.0 Å². The third-order valence-electron chi connectivity index (χ3n) is 5.31. The highest BCUT2D eigenvalue weighted by Crippen LogP contribution is 2.44. The Morgan fingerprint density at radius 1 is 1.00 bits per heavy atom. The summed E-state index contributed by atoms with van der Waals surface area (Å²) in [5, 5.41) is 2.67. The molecular weight excluding hydrogens is 522 g/mol. The fourth-order valence-electron chi connectivity index (χ4n) is 3.81. The highest BCUT2D eigenvalue weighted by molar-refractivity contribution is 14.1. The van der Waals surface area contributed by atoms with E-state index in [9.17, 15) is 14.4 Å². The van der Waals surface area contributed by atoms with Gasteiger partial charge >= 0.3 is 12.1 Å². The molecule has 3 rings (SSSR count). The van der Waals surface area contributed by atoms with Crippen molar-refractivity contribution in [1.82, 2.24) is 10.2 Å². The van der Waals surface area contributed by atoms with Gasteiger partial charge in [0.1, 0.15) is 27.6 Å². The molecule has 0 atom stereocenters. The minimum absolute atomic E-state index is 0.0148. The maximum absolute atomic E-state index is 12.3. The third kappa shape index (κ3) is 6.02. The molecule has 2 aromatic carbocycles. The summed E-state index contributed by atoms with van der Waals surface area (Å²) in [5.41, 5.74) is 4.62. The van der Waals surface area contributed by atoms with Crippen LogP contribution in [0.15, 0.2) is 48.5 Å². The zero-order chi connectivity index (χ0) is 22.9. The number of alkyl carbamates (subject to hydrolysis) is 1. The second-order valence-electron chi connectivity index (χ2n) is 7.33. The summed E-state index contributed by atoms with van der Waals surface area (Å²) in [7, 11) is 1.73. The molecule has 0 aliphatic heterocycles. The zero-order valence-corrected chi connectivity index (χ0v) is 20.2. The number of halogens is 1. The molecule has 0 heterocycles. The molecule has 168 valence electrons. The third-order valence-corrected chi connectivity index (χ3v) is 5.75. The quantitative estimate of drug-likeness (QED) is 0.214. The van der Waals surface area contributed by atoms with Gasteiger partial charge in [0.15, 0.2) is 0 Å². The van der Waals surface area contributed by atoms with Crippen molar-refractivity contribution < 1.29 is 23.9 Å². The van der Waals surface area contributed by atoms with Gasteiger partial charge < -0.3 is 19.7 Å². The van der Waals surface area contributed by atoms with Crippen molar-refractivity contribution in [3.63, 3.8) is 0 Å². The number of fused-ring (bicyclic) bond motifs is 3. The lowest BCUT2D eigenvalue weighted by atomic mass is 9.98. The Kier molecular flexibility index (Phi) is 8.95. The molecule has 0 saturated heterocycles. The first kappa shape index (κ1) is 24.1. The van der Waals surface area contributed by atoms with Gasteiger partial charge in [-0.1, -0.05) is 71.1 Å². The van der Waals surface area contributed by atoms with Crippen molar-refractivity contribution >= 4 is 48.4 Å². The molecule has 1 aliphatic rings. The summed E-state index contributed by atoms with van der Waals surface area (Å²) in [6, 6.07) is 16.3. The summed E-state index contributed by atoms with van der Waals surface area (Å²) < 4.78 is 11.2. The Labute approximate surface area is 202 Å². The van der Waals surface area contributed by atoms with E-state index in [-0.39, 0.29) is 44.4 Å². The lowest BCUT2D eigenvalue weighted by Crippen LogP contribution is -2.41. The van der Waals surface area contributed by atoms with Crippen LogP contribution in [0.3, 0.4) is 0 Å². The highest BCUT2D eigenvalue weighted by Gasteiger charge is 2.29. The van der Waals surface area contributed by atoms with E-state index in [1.807, 2.05) is 24.3 Å². The van der Waals surface area contributed by atoms with E-state index in [4.69, 9.17) is 9.47 Å². The lowest BCUT2D eigenvalue weighted by Gasteiger charge is -2.21. The summed E-state index contributed by atoms with van der Waals surface area (Å²) in [4.78, 5) is 37.6. The van der Waals surface area contributed by atoms with E-state index in [0.717, 1.165) is 11.1 Å². The minimum Gasteiger partial charge on any atom is -0.464 e. The van der Waals surface area contributed by atoms with E-state index >= 15 is 0 Å². The van der Waals surface area contributed by atoms with Crippen molar-refractivity contribution in [3.8, 4) is 11.1 Å². The molecule has 0 aromatic heterocycles. The number of benzene rings is 2. The number of alkyl halides is 1. The van der Waals surface area contributed by atoms with Crippen LogP contribution in [0.5, 0.6) is 0 Å². The summed E-state index contributed by atoms with van der Waals surface area (Å²) in [6.45, 7) is 0.791. The molecule has 1 N–H and O–H groups in total. The standard InChI is InChI=1S/C23H26BIN2O5/c24-13-21(28)27(14-22(29)31-12-9-25)11-10-26-23(30)32-15-20-18-7-3-1-5-16(18)17-6-2-4-8-19(17)20/h1-8,20H,9-15,24H2,(H,26,30). The first-order valence-corrected chi connectivity index (χ1v) is 12.2. The number of carbonyl (C=O) groups excluding carboxylic acids is 3.